The minimum atomic E-state index is -0.0447. The molecule has 7 heteroatoms. The molecule has 1 aromatic carbocycles. The molecule has 0 spiro atoms. The van der Waals surface area contributed by atoms with Gasteiger partial charge in [-0.05, 0) is 56.1 Å². The normalized spacial score (nSPS) is 28.3. The lowest BCUT2D eigenvalue weighted by Crippen LogP contribution is -2.42. The number of rotatable bonds is 3. The predicted octanol–water partition coefficient (Wildman–Crippen LogP) is 3.41. The summed E-state index contributed by atoms with van der Waals surface area (Å²) in [6.45, 7) is 0.967. The lowest BCUT2D eigenvalue weighted by Gasteiger charge is -2.27. The van der Waals surface area contributed by atoms with E-state index in [-0.39, 0.29) is 30.3 Å². The molecule has 5 rings (SSSR count). The number of nitrogens with zero attached hydrogens (tertiary/aromatic N) is 3. The van der Waals surface area contributed by atoms with Crippen molar-refractivity contribution in [2.45, 2.75) is 57.5 Å². The Hall–Kier alpha value is -1.92. The van der Waals surface area contributed by atoms with Gasteiger partial charge in [-0.1, -0.05) is 18.6 Å². The van der Waals surface area contributed by atoms with Gasteiger partial charge in [0.25, 0.3) is 0 Å². The SMILES string of the molecule is Cl.NC1C2CCC(C2)C1C(=O)Nc1cccc(-c2nnc3n2CCCCC3)c1. The van der Waals surface area contributed by atoms with E-state index in [9.17, 15) is 4.79 Å². The number of amides is 1. The van der Waals surface area contributed by atoms with Crippen molar-refractivity contribution in [2.75, 3.05) is 5.32 Å². The van der Waals surface area contributed by atoms with E-state index in [1.54, 1.807) is 0 Å². The van der Waals surface area contributed by atoms with Crippen molar-refractivity contribution in [3.05, 3.63) is 30.1 Å². The molecule has 2 saturated carbocycles. The summed E-state index contributed by atoms with van der Waals surface area (Å²) in [5.74, 6) is 3.00. The van der Waals surface area contributed by atoms with Gasteiger partial charge < -0.3 is 15.6 Å². The Kier molecular flexibility index (Phi) is 5.43. The van der Waals surface area contributed by atoms with Crippen LogP contribution in [0.25, 0.3) is 11.4 Å². The third-order valence-corrected chi connectivity index (χ3v) is 6.78. The number of hydrogen-bond acceptors (Lipinski definition) is 4. The number of aromatic nitrogens is 3. The quantitative estimate of drug-likeness (QED) is 0.825. The highest BCUT2D eigenvalue weighted by atomic mass is 35.5. The van der Waals surface area contributed by atoms with Crippen molar-refractivity contribution in [3.8, 4) is 11.4 Å². The van der Waals surface area contributed by atoms with Crippen LogP contribution in [0.1, 0.15) is 44.3 Å². The largest absolute Gasteiger partial charge is 0.327 e. The van der Waals surface area contributed by atoms with Crippen molar-refractivity contribution in [1.29, 1.82) is 0 Å². The van der Waals surface area contributed by atoms with E-state index in [2.05, 4.69) is 20.1 Å². The standard InChI is InChI=1S/C21H27N5O.ClH/c22-19-14-9-8-13(11-14)18(19)21(27)23-16-6-4-5-15(12-16)20-25-24-17-7-2-1-3-10-26(17)20;/h4-6,12-14,18-19H,1-3,7-11,22H2,(H,23,27);1H. The highest BCUT2D eigenvalue weighted by Gasteiger charge is 2.49. The van der Waals surface area contributed by atoms with E-state index in [4.69, 9.17) is 5.73 Å². The third-order valence-electron chi connectivity index (χ3n) is 6.78. The number of hydrogen-bond donors (Lipinski definition) is 2. The molecule has 1 aromatic heterocycles. The predicted molar refractivity (Wildman–Crippen MR) is 111 cm³/mol. The fourth-order valence-electron chi connectivity index (χ4n) is 5.39. The second-order valence-corrected chi connectivity index (χ2v) is 8.41. The topological polar surface area (TPSA) is 85.8 Å². The van der Waals surface area contributed by atoms with Crippen LogP contribution in [0.2, 0.25) is 0 Å². The third kappa shape index (κ3) is 3.33. The van der Waals surface area contributed by atoms with Crippen LogP contribution < -0.4 is 11.1 Å². The van der Waals surface area contributed by atoms with Gasteiger partial charge in [-0.15, -0.1) is 22.6 Å². The fourth-order valence-corrected chi connectivity index (χ4v) is 5.39. The molecule has 2 aromatic rings. The van der Waals surface area contributed by atoms with Crippen molar-refractivity contribution in [2.24, 2.45) is 23.5 Å². The summed E-state index contributed by atoms with van der Waals surface area (Å²) in [6, 6.07) is 7.99. The summed E-state index contributed by atoms with van der Waals surface area (Å²) in [6.07, 6.45) is 8.01. The molecule has 4 unspecified atom stereocenters. The van der Waals surface area contributed by atoms with Gasteiger partial charge in [0, 0.05) is 30.3 Å². The molecular weight excluding hydrogens is 374 g/mol. The zero-order valence-corrected chi connectivity index (χ0v) is 16.8. The molecule has 0 saturated heterocycles. The Morgan fingerprint density at radius 3 is 2.82 bits per heavy atom. The van der Waals surface area contributed by atoms with Gasteiger partial charge in [0.2, 0.25) is 5.91 Å². The zero-order valence-electron chi connectivity index (χ0n) is 16.0. The maximum Gasteiger partial charge on any atom is 0.229 e. The first kappa shape index (κ1) is 19.4. The fraction of sp³-hybridized carbons (Fsp3) is 0.571. The van der Waals surface area contributed by atoms with Crippen LogP contribution >= 0.6 is 12.4 Å². The van der Waals surface area contributed by atoms with Crippen LogP contribution in [0.15, 0.2) is 24.3 Å². The molecule has 150 valence electrons. The molecule has 28 heavy (non-hydrogen) atoms. The van der Waals surface area contributed by atoms with E-state index < -0.39 is 0 Å². The van der Waals surface area contributed by atoms with Crippen LogP contribution in [0, 0.1) is 17.8 Å². The summed E-state index contributed by atoms with van der Waals surface area (Å²) in [7, 11) is 0. The first-order chi connectivity index (χ1) is 13.2. The highest BCUT2D eigenvalue weighted by molar-refractivity contribution is 5.94. The first-order valence-electron chi connectivity index (χ1n) is 10.3. The molecule has 6 nitrogen and oxygen atoms in total. The second-order valence-electron chi connectivity index (χ2n) is 8.41. The van der Waals surface area contributed by atoms with E-state index in [0.29, 0.717) is 11.8 Å². The molecule has 4 atom stereocenters. The van der Waals surface area contributed by atoms with Gasteiger partial charge in [0.15, 0.2) is 5.82 Å². The summed E-state index contributed by atoms with van der Waals surface area (Å²) >= 11 is 0. The maximum absolute atomic E-state index is 12.9. The highest BCUT2D eigenvalue weighted by Crippen LogP contribution is 2.48. The van der Waals surface area contributed by atoms with Gasteiger partial charge in [-0.25, -0.2) is 0 Å². The van der Waals surface area contributed by atoms with Gasteiger partial charge in [0.05, 0.1) is 5.92 Å². The molecule has 0 radical (unpaired) electrons. The van der Waals surface area contributed by atoms with Crippen LogP contribution in [0.4, 0.5) is 5.69 Å². The number of halogens is 1. The van der Waals surface area contributed by atoms with E-state index in [1.807, 2.05) is 24.3 Å². The number of benzene rings is 1. The Labute approximate surface area is 171 Å². The van der Waals surface area contributed by atoms with Crippen LogP contribution in [0.5, 0.6) is 0 Å². The monoisotopic (exact) mass is 401 g/mol. The lowest BCUT2D eigenvalue weighted by atomic mass is 9.84. The summed E-state index contributed by atoms with van der Waals surface area (Å²) in [5, 5.41) is 11.9. The van der Waals surface area contributed by atoms with Crippen LogP contribution in [-0.4, -0.2) is 26.7 Å². The van der Waals surface area contributed by atoms with Gasteiger partial charge in [-0.2, -0.15) is 0 Å². The molecule has 1 amide bonds. The number of anilines is 1. The average Bonchev–Trinajstić information content (AvgIpc) is 3.33. The van der Waals surface area contributed by atoms with Gasteiger partial charge in [0.1, 0.15) is 5.82 Å². The molecule has 2 fully saturated rings. The molecular formula is C21H28ClN5O. The van der Waals surface area contributed by atoms with Crippen LogP contribution in [-0.2, 0) is 17.8 Å². The van der Waals surface area contributed by atoms with E-state index >= 15 is 0 Å². The van der Waals surface area contributed by atoms with Crippen molar-refractivity contribution < 1.29 is 4.79 Å². The Morgan fingerprint density at radius 2 is 2.00 bits per heavy atom. The maximum atomic E-state index is 12.9. The summed E-state index contributed by atoms with van der Waals surface area (Å²) < 4.78 is 2.24. The van der Waals surface area contributed by atoms with Crippen LogP contribution in [0.3, 0.4) is 0 Å². The lowest BCUT2D eigenvalue weighted by molar-refractivity contribution is -0.121. The number of aryl methyl sites for hydroxylation is 1. The Morgan fingerprint density at radius 1 is 1.14 bits per heavy atom. The first-order valence-corrected chi connectivity index (χ1v) is 10.3. The summed E-state index contributed by atoms with van der Waals surface area (Å²) in [4.78, 5) is 12.9. The molecule has 3 aliphatic rings. The Bertz CT molecular complexity index is 864. The zero-order chi connectivity index (χ0) is 18.4. The molecule has 2 bridgehead atoms. The van der Waals surface area contributed by atoms with Gasteiger partial charge >= 0.3 is 0 Å². The second kappa shape index (κ2) is 7.84. The van der Waals surface area contributed by atoms with E-state index in [1.165, 1.54) is 19.3 Å². The molecule has 2 heterocycles. The van der Waals surface area contributed by atoms with Crippen molar-refractivity contribution in [3.63, 3.8) is 0 Å². The number of fused-ring (bicyclic) bond motifs is 3. The van der Waals surface area contributed by atoms with Crippen molar-refractivity contribution >= 4 is 24.0 Å². The van der Waals surface area contributed by atoms with Gasteiger partial charge in [-0.3, -0.25) is 4.79 Å². The summed E-state index contributed by atoms with van der Waals surface area (Å²) in [5.41, 5.74) is 8.16. The number of carbonyl (C=O) groups is 1. The minimum absolute atomic E-state index is 0. The average molecular weight is 402 g/mol. The number of carbonyl (C=O) groups excluding carboxylic acids is 1. The van der Waals surface area contributed by atoms with E-state index in [0.717, 1.165) is 55.1 Å². The molecule has 1 aliphatic heterocycles. The molecule has 3 N–H and O–H groups in total. The van der Waals surface area contributed by atoms with Crippen molar-refractivity contribution in [1.82, 2.24) is 14.8 Å². The minimum Gasteiger partial charge on any atom is -0.327 e. The Balaban J connectivity index is 0.00000192. The smallest absolute Gasteiger partial charge is 0.229 e. The number of nitrogens with one attached hydrogen (secondary N) is 1. The number of nitrogens with two attached hydrogens (primary N) is 1. The molecule has 2 aliphatic carbocycles.